The van der Waals surface area contributed by atoms with Crippen LogP contribution in [0.5, 0.6) is 0 Å². The van der Waals surface area contributed by atoms with Gasteiger partial charge in [0.2, 0.25) is 0 Å². The van der Waals surface area contributed by atoms with Crippen LogP contribution in [-0.4, -0.2) is 15.7 Å². The highest BCUT2D eigenvalue weighted by molar-refractivity contribution is 5.98. The summed E-state index contributed by atoms with van der Waals surface area (Å²) in [6.07, 6.45) is 1.47. The molecule has 0 aliphatic heterocycles. The van der Waals surface area contributed by atoms with Crippen molar-refractivity contribution in [2.75, 3.05) is 5.73 Å². The maximum absolute atomic E-state index is 12.0. The molecule has 2 rings (SSSR count). The topological polar surface area (TPSA) is 72.9 Å². The van der Waals surface area contributed by atoms with Gasteiger partial charge in [0.25, 0.3) is 5.91 Å². The SMILES string of the molecule is CC(NC(=O)c1cnn(C)c1N)c1ccccc1. The zero-order chi connectivity index (χ0) is 13.1. The Kier molecular flexibility index (Phi) is 3.32. The first kappa shape index (κ1) is 12.2. The normalized spacial score (nSPS) is 12.1. The Morgan fingerprint density at radius 1 is 1.39 bits per heavy atom. The van der Waals surface area contributed by atoms with Crippen LogP contribution >= 0.6 is 0 Å². The van der Waals surface area contributed by atoms with Crippen molar-refractivity contribution in [3.63, 3.8) is 0 Å². The number of aromatic nitrogens is 2. The second-order valence-electron chi connectivity index (χ2n) is 4.17. The Balaban J connectivity index is 2.11. The minimum Gasteiger partial charge on any atom is -0.383 e. The summed E-state index contributed by atoms with van der Waals surface area (Å²) in [4.78, 5) is 12.0. The molecule has 1 aromatic carbocycles. The maximum atomic E-state index is 12.0. The number of hydrogen-bond acceptors (Lipinski definition) is 3. The lowest BCUT2D eigenvalue weighted by Crippen LogP contribution is -2.27. The van der Waals surface area contributed by atoms with Crippen LogP contribution in [0, 0.1) is 0 Å². The summed E-state index contributed by atoms with van der Waals surface area (Å²) in [7, 11) is 1.70. The predicted molar refractivity (Wildman–Crippen MR) is 69.9 cm³/mol. The summed E-state index contributed by atoms with van der Waals surface area (Å²) < 4.78 is 1.47. The van der Waals surface area contributed by atoms with E-state index in [4.69, 9.17) is 5.73 Å². The Hall–Kier alpha value is -2.30. The molecule has 1 heterocycles. The molecule has 3 N–H and O–H groups in total. The van der Waals surface area contributed by atoms with Crippen LogP contribution in [0.4, 0.5) is 5.82 Å². The van der Waals surface area contributed by atoms with Crippen molar-refractivity contribution < 1.29 is 4.79 Å². The molecule has 18 heavy (non-hydrogen) atoms. The molecule has 5 heteroatoms. The van der Waals surface area contributed by atoms with Gasteiger partial charge in [-0.15, -0.1) is 0 Å². The molecular weight excluding hydrogens is 228 g/mol. The monoisotopic (exact) mass is 244 g/mol. The summed E-state index contributed by atoms with van der Waals surface area (Å²) >= 11 is 0. The van der Waals surface area contributed by atoms with Crippen LogP contribution in [0.25, 0.3) is 0 Å². The first-order valence-corrected chi connectivity index (χ1v) is 5.73. The van der Waals surface area contributed by atoms with E-state index in [1.165, 1.54) is 10.9 Å². The van der Waals surface area contributed by atoms with Crippen LogP contribution in [0.2, 0.25) is 0 Å². The van der Waals surface area contributed by atoms with E-state index in [9.17, 15) is 4.79 Å². The van der Waals surface area contributed by atoms with Crippen molar-refractivity contribution >= 4 is 11.7 Å². The van der Waals surface area contributed by atoms with Gasteiger partial charge < -0.3 is 11.1 Å². The molecule has 94 valence electrons. The van der Waals surface area contributed by atoms with Gasteiger partial charge in [-0.25, -0.2) is 0 Å². The summed E-state index contributed by atoms with van der Waals surface area (Å²) in [6.45, 7) is 1.93. The number of anilines is 1. The first-order chi connectivity index (χ1) is 8.59. The molecule has 5 nitrogen and oxygen atoms in total. The van der Waals surface area contributed by atoms with Gasteiger partial charge in [-0.3, -0.25) is 9.48 Å². The van der Waals surface area contributed by atoms with E-state index in [0.717, 1.165) is 5.56 Å². The fourth-order valence-corrected chi connectivity index (χ4v) is 1.72. The number of carbonyl (C=O) groups excluding carboxylic acids is 1. The number of carbonyl (C=O) groups is 1. The Labute approximate surface area is 106 Å². The van der Waals surface area contributed by atoms with Gasteiger partial charge in [0.15, 0.2) is 0 Å². The third-order valence-corrected chi connectivity index (χ3v) is 2.88. The zero-order valence-corrected chi connectivity index (χ0v) is 10.4. The molecular formula is C13H16N4O. The van der Waals surface area contributed by atoms with E-state index in [1.54, 1.807) is 7.05 Å². The van der Waals surface area contributed by atoms with Crippen LogP contribution in [0.1, 0.15) is 28.9 Å². The Bertz CT molecular complexity index is 547. The van der Waals surface area contributed by atoms with Gasteiger partial charge in [0.05, 0.1) is 12.2 Å². The fourth-order valence-electron chi connectivity index (χ4n) is 1.72. The van der Waals surface area contributed by atoms with Crippen molar-refractivity contribution in [3.8, 4) is 0 Å². The standard InChI is InChI=1S/C13H16N4O/c1-9(10-6-4-3-5-7-10)16-13(18)11-8-15-17(2)12(11)14/h3-9H,14H2,1-2H3,(H,16,18). The third kappa shape index (κ3) is 2.34. The fraction of sp³-hybridized carbons (Fsp3) is 0.231. The van der Waals surface area contributed by atoms with E-state index < -0.39 is 0 Å². The number of aryl methyl sites for hydroxylation is 1. The average Bonchev–Trinajstić information content (AvgIpc) is 2.71. The predicted octanol–water partition coefficient (Wildman–Crippen LogP) is 1.49. The molecule has 0 spiro atoms. The molecule has 0 radical (unpaired) electrons. The molecule has 1 unspecified atom stereocenters. The smallest absolute Gasteiger partial charge is 0.257 e. The van der Waals surface area contributed by atoms with Crippen LogP contribution in [0.3, 0.4) is 0 Å². The molecule has 0 saturated carbocycles. The van der Waals surface area contributed by atoms with Crippen LogP contribution in [0.15, 0.2) is 36.5 Å². The summed E-state index contributed by atoms with van der Waals surface area (Å²) in [5, 5.41) is 6.84. The lowest BCUT2D eigenvalue weighted by atomic mass is 10.1. The second-order valence-corrected chi connectivity index (χ2v) is 4.17. The van der Waals surface area contributed by atoms with Crippen LogP contribution < -0.4 is 11.1 Å². The van der Waals surface area contributed by atoms with Crippen molar-refractivity contribution in [1.82, 2.24) is 15.1 Å². The first-order valence-electron chi connectivity index (χ1n) is 5.73. The van der Waals surface area contributed by atoms with E-state index in [1.807, 2.05) is 37.3 Å². The molecule has 0 saturated heterocycles. The molecule has 1 aromatic heterocycles. The number of nitrogens with one attached hydrogen (secondary N) is 1. The average molecular weight is 244 g/mol. The van der Waals surface area contributed by atoms with E-state index in [-0.39, 0.29) is 11.9 Å². The molecule has 0 aliphatic carbocycles. The van der Waals surface area contributed by atoms with Crippen molar-refractivity contribution in [1.29, 1.82) is 0 Å². The molecule has 1 amide bonds. The summed E-state index contributed by atoms with van der Waals surface area (Å²) in [6, 6.07) is 9.69. The van der Waals surface area contributed by atoms with Gasteiger partial charge in [-0.2, -0.15) is 5.10 Å². The van der Waals surface area contributed by atoms with Gasteiger partial charge in [0, 0.05) is 7.05 Å². The van der Waals surface area contributed by atoms with Gasteiger partial charge in [0.1, 0.15) is 11.4 Å². The second kappa shape index (κ2) is 4.91. The number of amides is 1. The quantitative estimate of drug-likeness (QED) is 0.859. The molecule has 1 atom stereocenters. The molecule has 0 bridgehead atoms. The van der Waals surface area contributed by atoms with Crippen molar-refractivity contribution in [2.24, 2.45) is 7.05 Å². The summed E-state index contributed by atoms with van der Waals surface area (Å²) in [5.74, 6) is 0.157. The number of benzene rings is 1. The third-order valence-electron chi connectivity index (χ3n) is 2.88. The van der Waals surface area contributed by atoms with Crippen molar-refractivity contribution in [2.45, 2.75) is 13.0 Å². The molecule has 0 fully saturated rings. The maximum Gasteiger partial charge on any atom is 0.257 e. The van der Waals surface area contributed by atoms with E-state index in [2.05, 4.69) is 10.4 Å². The molecule has 0 aliphatic rings. The van der Waals surface area contributed by atoms with Gasteiger partial charge in [-0.1, -0.05) is 30.3 Å². The zero-order valence-electron chi connectivity index (χ0n) is 10.4. The van der Waals surface area contributed by atoms with Crippen LogP contribution in [-0.2, 0) is 7.05 Å². The number of nitrogen functional groups attached to an aromatic ring is 1. The minimum atomic E-state index is -0.211. The van der Waals surface area contributed by atoms with E-state index in [0.29, 0.717) is 11.4 Å². The highest BCUT2D eigenvalue weighted by atomic mass is 16.1. The number of nitrogens with zero attached hydrogens (tertiary/aromatic N) is 2. The lowest BCUT2D eigenvalue weighted by molar-refractivity contribution is 0.0941. The molecule has 2 aromatic rings. The van der Waals surface area contributed by atoms with Crippen molar-refractivity contribution in [3.05, 3.63) is 47.7 Å². The number of rotatable bonds is 3. The van der Waals surface area contributed by atoms with Gasteiger partial charge >= 0.3 is 0 Å². The Morgan fingerprint density at radius 2 is 2.06 bits per heavy atom. The number of nitrogens with two attached hydrogens (primary N) is 1. The number of hydrogen-bond donors (Lipinski definition) is 2. The van der Waals surface area contributed by atoms with Gasteiger partial charge in [-0.05, 0) is 12.5 Å². The minimum absolute atomic E-state index is 0.0710. The van der Waals surface area contributed by atoms with E-state index >= 15 is 0 Å². The highest BCUT2D eigenvalue weighted by Crippen LogP contribution is 2.14. The Morgan fingerprint density at radius 3 is 2.61 bits per heavy atom. The lowest BCUT2D eigenvalue weighted by Gasteiger charge is -2.13. The largest absolute Gasteiger partial charge is 0.383 e. The summed E-state index contributed by atoms with van der Waals surface area (Å²) in [5.41, 5.74) is 7.21. The highest BCUT2D eigenvalue weighted by Gasteiger charge is 2.16.